The molecule has 0 radical (unpaired) electrons. The van der Waals surface area contributed by atoms with Gasteiger partial charge < -0.3 is 14.7 Å². The lowest BCUT2D eigenvalue weighted by Gasteiger charge is -2.21. The third kappa shape index (κ3) is 4.89. The van der Waals surface area contributed by atoms with Crippen molar-refractivity contribution in [1.29, 1.82) is 0 Å². The number of nitrogens with one attached hydrogen (secondary N) is 1. The van der Waals surface area contributed by atoms with Gasteiger partial charge in [0.2, 0.25) is 0 Å². The molecule has 0 spiro atoms. The summed E-state index contributed by atoms with van der Waals surface area (Å²) < 4.78 is 5.57. The normalized spacial score (nSPS) is 14.1. The first kappa shape index (κ1) is 22.7. The van der Waals surface area contributed by atoms with Gasteiger partial charge in [-0.2, -0.15) is 0 Å². The zero-order valence-electron chi connectivity index (χ0n) is 19.1. The predicted molar refractivity (Wildman–Crippen MR) is 131 cm³/mol. The molecular weight excluding hydrogens is 444 g/mol. The van der Waals surface area contributed by atoms with Crippen LogP contribution >= 0.6 is 0 Å². The van der Waals surface area contributed by atoms with E-state index in [0.717, 1.165) is 24.0 Å². The number of ether oxygens (including phenoxy) is 1. The smallest absolute Gasteiger partial charge is 0.411 e. The van der Waals surface area contributed by atoms with Crippen molar-refractivity contribution in [2.75, 3.05) is 18.5 Å². The van der Waals surface area contributed by atoms with Crippen LogP contribution in [-0.4, -0.2) is 47.2 Å². The van der Waals surface area contributed by atoms with Gasteiger partial charge >= 0.3 is 12.1 Å². The molecule has 0 heterocycles. The molecule has 7 nitrogen and oxygen atoms in total. The van der Waals surface area contributed by atoms with Crippen LogP contribution in [0.2, 0.25) is 0 Å². The molecule has 35 heavy (non-hydrogen) atoms. The number of rotatable bonds is 8. The minimum absolute atomic E-state index is 0.0210. The van der Waals surface area contributed by atoms with E-state index in [9.17, 15) is 14.4 Å². The summed E-state index contributed by atoms with van der Waals surface area (Å²) in [6.45, 7) is 0.412. The Morgan fingerprint density at radius 3 is 2.06 bits per heavy atom. The summed E-state index contributed by atoms with van der Waals surface area (Å²) in [5.41, 5.74) is 5.60. The molecule has 0 aromatic heterocycles. The van der Waals surface area contributed by atoms with Gasteiger partial charge in [-0.25, -0.2) is 4.79 Å². The maximum Gasteiger partial charge on any atom is 0.411 e. The van der Waals surface area contributed by atoms with Crippen LogP contribution in [0.3, 0.4) is 0 Å². The van der Waals surface area contributed by atoms with Crippen molar-refractivity contribution >= 4 is 23.7 Å². The fourth-order valence-corrected chi connectivity index (χ4v) is 4.67. The number of aliphatic carboxylic acids is 1. The summed E-state index contributed by atoms with van der Waals surface area (Å²) in [5.74, 6) is -1.14. The standard InChI is InChI=1S/C28H26N2O5/c31-26(32)15-16-30(20-13-14-20)27(33)18-9-11-19(12-10-18)29-28(34)35-17-25-23-7-3-1-5-21(23)22-6-2-4-8-24(22)25/h1-12,20,25H,13-17H2,(H,29,34)(H,31,32). The highest BCUT2D eigenvalue weighted by atomic mass is 16.5. The maximum atomic E-state index is 12.8. The summed E-state index contributed by atoms with van der Waals surface area (Å²) in [6, 6.07) is 23.0. The van der Waals surface area contributed by atoms with Crippen LogP contribution in [0.4, 0.5) is 10.5 Å². The van der Waals surface area contributed by atoms with Gasteiger partial charge in [-0.3, -0.25) is 14.9 Å². The Bertz CT molecular complexity index is 1220. The second-order valence-electron chi connectivity index (χ2n) is 8.90. The molecule has 178 valence electrons. The zero-order chi connectivity index (χ0) is 24.4. The largest absolute Gasteiger partial charge is 0.481 e. The predicted octanol–water partition coefficient (Wildman–Crippen LogP) is 5.13. The fourth-order valence-electron chi connectivity index (χ4n) is 4.67. The molecule has 0 atom stereocenters. The van der Waals surface area contributed by atoms with E-state index in [1.165, 1.54) is 11.1 Å². The van der Waals surface area contributed by atoms with Crippen LogP contribution in [0, 0.1) is 0 Å². The Labute approximate surface area is 203 Å². The van der Waals surface area contributed by atoms with Crippen molar-refractivity contribution in [3.05, 3.63) is 89.5 Å². The van der Waals surface area contributed by atoms with Gasteiger partial charge in [0.1, 0.15) is 6.61 Å². The Hall–Kier alpha value is -4.13. The van der Waals surface area contributed by atoms with Gasteiger partial charge in [0.25, 0.3) is 5.91 Å². The highest BCUT2D eigenvalue weighted by Crippen LogP contribution is 2.44. The molecule has 1 saturated carbocycles. The molecule has 7 heteroatoms. The van der Waals surface area contributed by atoms with Crippen molar-refractivity contribution in [1.82, 2.24) is 4.90 Å². The van der Waals surface area contributed by atoms with Crippen molar-refractivity contribution in [2.45, 2.75) is 31.2 Å². The molecule has 2 aliphatic carbocycles. The van der Waals surface area contributed by atoms with Crippen LogP contribution < -0.4 is 5.32 Å². The average molecular weight is 471 g/mol. The van der Waals surface area contributed by atoms with Crippen LogP contribution in [0.25, 0.3) is 11.1 Å². The topological polar surface area (TPSA) is 95.9 Å². The van der Waals surface area contributed by atoms with E-state index in [1.807, 2.05) is 24.3 Å². The van der Waals surface area contributed by atoms with Crippen molar-refractivity contribution in [3.8, 4) is 11.1 Å². The third-order valence-electron chi connectivity index (χ3n) is 6.54. The molecule has 2 aliphatic rings. The minimum atomic E-state index is -0.925. The lowest BCUT2D eigenvalue weighted by Crippen LogP contribution is -2.35. The van der Waals surface area contributed by atoms with Crippen LogP contribution in [0.1, 0.15) is 46.7 Å². The molecule has 2 N–H and O–H groups in total. The second kappa shape index (κ2) is 9.62. The lowest BCUT2D eigenvalue weighted by atomic mass is 9.98. The number of fused-ring (bicyclic) bond motifs is 3. The van der Waals surface area contributed by atoms with E-state index in [-0.39, 0.29) is 37.4 Å². The Morgan fingerprint density at radius 1 is 0.886 bits per heavy atom. The molecule has 0 saturated heterocycles. The summed E-state index contributed by atoms with van der Waals surface area (Å²) in [6.07, 6.45) is 1.15. The first-order chi connectivity index (χ1) is 17.0. The van der Waals surface area contributed by atoms with E-state index in [0.29, 0.717) is 11.3 Å². The van der Waals surface area contributed by atoms with Gasteiger partial charge in [-0.15, -0.1) is 0 Å². The average Bonchev–Trinajstić information content (AvgIpc) is 3.65. The van der Waals surface area contributed by atoms with Gasteiger partial charge in [0.05, 0.1) is 6.42 Å². The first-order valence-electron chi connectivity index (χ1n) is 11.8. The van der Waals surface area contributed by atoms with Crippen LogP contribution in [-0.2, 0) is 9.53 Å². The molecular formula is C28H26N2O5. The van der Waals surface area contributed by atoms with Crippen molar-refractivity contribution in [3.63, 3.8) is 0 Å². The van der Waals surface area contributed by atoms with Crippen LogP contribution in [0.15, 0.2) is 72.8 Å². The quantitative estimate of drug-likeness (QED) is 0.476. The van der Waals surface area contributed by atoms with E-state index in [4.69, 9.17) is 9.84 Å². The fraction of sp³-hybridized carbons (Fsp3) is 0.250. The number of carbonyl (C=O) groups excluding carboxylic acids is 2. The number of hydrogen-bond donors (Lipinski definition) is 2. The van der Waals surface area contributed by atoms with E-state index < -0.39 is 12.1 Å². The third-order valence-corrected chi connectivity index (χ3v) is 6.54. The number of anilines is 1. The maximum absolute atomic E-state index is 12.8. The molecule has 3 aromatic carbocycles. The Morgan fingerprint density at radius 2 is 1.49 bits per heavy atom. The highest BCUT2D eigenvalue weighted by molar-refractivity contribution is 5.95. The van der Waals surface area contributed by atoms with Gasteiger partial charge in [-0.1, -0.05) is 48.5 Å². The Balaban J connectivity index is 1.20. The number of nitrogens with zero attached hydrogens (tertiary/aromatic N) is 1. The zero-order valence-corrected chi connectivity index (χ0v) is 19.1. The molecule has 5 rings (SSSR count). The molecule has 1 fully saturated rings. The van der Waals surface area contributed by atoms with Crippen molar-refractivity contribution in [2.24, 2.45) is 0 Å². The summed E-state index contributed by atoms with van der Waals surface area (Å²) in [5, 5.41) is 11.7. The SMILES string of the molecule is O=C(O)CCN(C(=O)c1ccc(NC(=O)OCC2c3ccccc3-c3ccccc32)cc1)C1CC1. The van der Waals surface area contributed by atoms with Gasteiger partial charge in [0.15, 0.2) is 0 Å². The number of carboxylic acid groups (broad SMARTS) is 1. The van der Waals surface area contributed by atoms with Gasteiger partial charge in [-0.05, 0) is 59.4 Å². The van der Waals surface area contributed by atoms with E-state index in [2.05, 4.69) is 29.6 Å². The molecule has 0 aliphatic heterocycles. The molecule has 3 aromatic rings. The minimum Gasteiger partial charge on any atom is -0.481 e. The summed E-state index contributed by atoms with van der Waals surface area (Å²) in [4.78, 5) is 37.9. The monoisotopic (exact) mass is 470 g/mol. The lowest BCUT2D eigenvalue weighted by molar-refractivity contribution is -0.137. The Kier molecular flexibility index (Phi) is 6.23. The number of benzene rings is 3. The van der Waals surface area contributed by atoms with E-state index in [1.54, 1.807) is 29.2 Å². The van der Waals surface area contributed by atoms with Crippen LogP contribution in [0.5, 0.6) is 0 Å². The second-order valence-corrected chi connectivity index (χ2v) is 8.90. The summed E-state index contributed by atoms with van der Waals surface area (Å²) in [7, 11) is 0. The number of carbonyl (C=O) groups is 3. The van der Waals surface area contributed by atoms with Crippen molar-refractivity contribution < 1.29 is 24.2 Å². The first-order valence-corrected chi connectivity index (χ1v) is 11.8. The van der Waals surface area contributed by atoms with Gasteiger partial charge in [0, 0.05) is 29.8 Å². The highest BCUT2D eigenvalue weighted by Gasteiger charge is 2.33. The number of amides is 2. The van der Waals surface area contributed by atoms with E-state index >= 15 is 0 Å². The number of hydrogen-bond acceptors (Lipinski definition) is 4. The molecule has 2 amide bonds. The summed E-state index contributed by atoms with van der Waals surface area (Å²) >= 11 is 0. The molecule has 0 unspecified atom stereocenters. The molecule has 0 bridgehead atoms. The number of carboxylic acids is 1.